The van der Waals surface area contributed by atoms with Crippen LogP contribution in [0.25, 0.3) is 17.0 Å². The maximum atomic E-state index is 9.26. The molecule has 0 aliphatic rings. The predicted octanol–water partition coefficient (Wildman–Crippen LogP) is 3.04. The third-order valence-electron chi connectivity index (χ3n) is 3.62. The highest BCUT2D eigenvalue weighted by atomic mass is 15.3. The summed E-state index contributed by atoms with van der Waals surface area (Å²) in [5, 5.41) is 15.6. The van der Waals surface area contributed by atoms with E-state index >= 15 is 0 Å². The number of anilines is 2. The fraction of sp³-hybridized carbons (Fsp3) is 0.0588. The minimum Gasteiger partial charge on any atom is -0.323 e. The number of nitrogens with one attached hydrogen (secondary N) is 2. The molecule has 0 aromatic carbocycles. The first-order valence-electron chi connectivity index (χ1n) is 7.38. The quantitative estimate of drug-likeness (QED) is 0.606. The Hall–Kier alpha value is -3.66. The molecule has 4 heterocycles. The molecule has 0 atom stereocenters. The van der Waals surface area contributed by atoms with Crippen LogP contribution in [0.3, 0.4) is 0 Å². The van der Waals surface area contributed by atoms with E-state index < -0.39 is 0 Å². The summed E-state index contributed by atoms with van der Waals surface area (Å²) in [6.07, 6.45) is 3.33. The van der Waals surface area contributed by atoms with Crippen LogP contribution in [0.1, 0.15) is 11.3 Å². The summed E-state index contributed by atoms with van der Waals surface area (Å²) >= 11 is 0. The number of nitriles is 1. The zero-order valence-electron chi connectivity index (χ0n) is 12.9. The smallest absolute Gasteiger partial charge is 0.173 e. The number of imidazole rings is 1. The first kappa shape index (κ1) is 14.0. The van der Waals surface area contributed by atoms with Crippen LogP contribution in [-0.4, -0.2) is 24.6 Å². The van der Waals surface area contributed by atoms with Crippen molar-refractivity contribution in [2.24, 2.45) is 0 Å². The second kappa shape index (κ2) is 5.52. The van der Waals surface area contributed by atoms with E-state index in [4.69, 9.17) is 0 Å². The third kappa shape index (κ3) is 2.27. The van der Waals surface area contributed by atoms with Crippen molar-refractivity contribution in [2.45, 2.75) is 6.92 Å². The highest BCUT2D eigenvalue weighted by Crippen LogP contribution is 2.30. The fourth-order valence-corrected chi connectivity index (χ4v) is 2.53. The molecular weight excluding hydrogens is 302 g/mol. The summed E-state index contributed by atoms with van der Waals surface area (Å²) in [5.74, 6) is 1.37. The average Bonchev–Trinajstić information content (AvgIpc) is 3.16. The summed E-state index contributed by atoms with van der Waals surface area (Å²) in [4.78, 5) is 13.4. The highest BCUT2D eigenvalue weighted by Gasteiger charge is 2.19. The molecule has 0 amide bonds. The third-order valence-corrected chi connectivity index (χ3v) is 3.62. The van der Waals surface area contributed by atoms with Gasteiger partial charge in [-0.15, -0.1) is 0 Å². The van der Waals surface area contributed by atoms with Crippen LogP contribution >= 0.6 is 0 Å². The molecular formula is C17H13N7. The number of hydrogen-bond donors (Lipinski definition) is 2. The summed E-state index contributed by atoms with van der Waals surface area (Å²) in [6, 6.07) is 13.5. The molecule has 0 aliphatic heterocycles. The normalized spacial score (nSPS) is 10.7. The number of aryl methyl sites for hydroxylation is 1. The Morgan fingerprint density at radius 1 is 1.17 bits per heavy atom. The molecule has 4 rings (SSSR count). The van der Waals surface area contributed by atoms with Gasteiger partial charge in [0.25, 0.3) is 0 Å². The Labute approximate surface area is 137 Å². The minimum absolute atomic E-state index is 0.470. The van der Waals surface area contributed by atoms with Gasteiger partial charge in [0.2, 0.25) is 0 Å². The van der Waals surface area contributed by atoms with Crippen LogP contribution < -0.4 is 5.32 Å². The van der Waals surface area contributed by atoms with E-state index in [0.29, 0.717) is 28.5 Å². The number of pyridine rings is 2. The number of nitrogens with zero attached hydrogens (tertiary/aromatic N) is 5. The molecule has 0 bridgehead atoms. The maximum Gasteiger partial charge on any atom is 0.173 e. The van der Waals surface area contributed by atoms with Crippen molar-refractivity contribution in [3.63, 3.8) is 0 Å². The summed E-state index contributed by atoms with van der Waals surface area (Å²) < 4.78 is 1.73. The topological polar surface area (TPSA) is 94.7 Å². The second-order valence-electron chi connectivity index (χ2n) is 5.27. The molecule has 2 N–H and O–H groups in total. The lowest BCUT2D eigenvalue weighted by atomic mass is 10.2. The fourth-order valence-electron chi connectivity index (χ4n) is 2.53. The Morgan fingerprint density at radius 3 is 2.83 bits per heavy atom. The van der Waals surface area contributed by atoms with E-state index in [1.807, 2.05) is 43.3 Å². The maximum absolute atomic E-state index is 9.26. The van der Waals surface area contributed by atoms with E-state index in [2.05, 4.69) is 31.4 Å². The molecule has 116 valence electrons. The standard InChI is InChI=1S/C17H13N7/c1-11-5-4-6-13(21-11)15-17(22-14-7-2-3-8-19-14)24-16(23-15)12(9-18)10-20-24/h2-8,10,20H,1H3,(H,19,22). The molecule has 24 heavy (non-hydrogen) atoms. The summed E-state index contributed by atoms with van der Waals surface area (Å²) in [7, 11) is 0. The van der Waals surface area contributed by atoms with Crippen LogP contribution in [0.15, 0.2) is 48.8 Å². The van der Waals surface area contributed by atoms with Gasteiger partial charge in [-0.05, 0) is 31.2 Å². The Kier molecular flexibility index (Phi) is 3.21. The highest BCUT2D eigenvalue weighted by molar-refractivity contribution is 5.78. The first-order valence-corrected chi connectivity index (χ1v) is 7.38. The molecule has 0 radical (unpaired) electrons. The SMILES string of the molecule is Cc1cccc(-c2nc3c(C#N)c[nH]n3c2Nc2ccccn2)n1. The molecule has 0 saturated heterocycles. The van der Waals surface area contributed by atoms with Crippen LogP contribution in [-0.2, 0) is 0 Å². The van der Waals surface area contributed by atoms with Gasteiger partial charge in [-0.2, -0.15) is 5.26 Å². The number of aromatic nitrogens is 5. The van der Waals surface area contributed by atoms with Gasteiger partial charge < -0.3 is 5.32 Å². The van der Waals surface area contributed by atoms with Gasteiger partial charge in [0.05, 0.1) is 5.69 Å². The van der Waals surface area contributed by atoms with Gasteiger partial charge in [-0.3, -0.25) is 10.1 Å². The molecule has 0 saturated carbocycles. The van der Waals surface area contributed by atoms with Crippen molar-refractivity contribution in [1.82, 2.24) is 24.6 Å². The Balaban J connectivity index is 1.93. The van der Waals surface area contributed by atoms with Gasteiger partial charge in [0.15, 0.2) is 11.5 Å². The van der Waals surface area contributed by atoms with Gasteiger partial charge >= 0.3 is 0 Å². The van der Waals surface area contributed by atoms with Crippen molar-refractivity contribution in [2.75, 3.05) is 5.32 Å². The van der Waals surface area contributed by atoms with Crippen molar-refractivity contribution in [3.05, 3.63) is 60.0 Å². The number of aromatic amines is 1. The van der Waals surface area contributed by atoms with E-state index in [-0.39, 0.29) is 0 Å². The molecule has 0 unspecified atom stereocenters. The number of hydrogen-bond acceptors (Lipinski definition) is 5. The lowest BCUT2D eigenvalue weighted by molar-refractivity contribution is 0.977. The average molecular weight is 315 g/mol. The lowest BCUT2D eigenvalue weighted by Crippen LogP contribution is -1.99. The predicted molar refractivity (Wildman–Crippen MR) is 89.7 cm³/mol. The van der Waals surface area contributed by atoms with E-state index in [1.54, 1.807) is 16.9 Å². The zero-order chi connectivity index (χ0) is 16.5. The van der Waals surface area contributed by atoms with E-state index in [0.717, 1.165) is 11.4 Å². The van der Waals surface area contributed by atoms with Crippen LogP contribution in [0.5, 0.6) is 0 Å². The molecule has 0 fully saturated rings. The molecule has 0 spiro atoms. The van der Waals surface area contributed by atoms with E-state index in [9.17, 15) is 5.26 Å². The molecule has 7 nitrogen and oxygen atoms in total. The van der Waals surface area contributed by atoms with Crippen molar-refractivity contribution < 1.29 is 0 Å². The van der Waals surface area contributed by atoms with Crippen molar-refractivity contribution in [3.8, 4) is 17.5 Å². The van der Waals surface area contributed by atoms with Gasteiger partial charge in [-0.1, -0.05) is 12.1 Å². The molecule has 7 heteroatoms. The molecule has 4 aromatic heterocycles. The minimum atomic E-state index is 0.470. The van der Waals surface area contributed by atoms with Gasteiger partial charge in [0, 0.05) is 18.1 Å². The Bertz CT molecular complexity index is 1050. The number of H-pyrrole nitrogens is 1. The number of rotatable bonds is 3. The monoisotopic (exact) mass is 315 g/mol. The number of fused-ring (bicyclic) bond motifs is 1. The van der Waals surface area contributed by atoms with Gasteiger partial charge in [0.1, 0.15) is 23.1 Å². The van der Waals surface area contributed by atoms with E-state index in [1.165, 1.54) is 0 Å². The first-order chi connectivity index (χ1) is 11.8. The lowest BCUT2D eigenvalue weighted by Gasteiger charge is -2.07. The van der Waals surface area contributed by atoms with Crippen LogP contribution in [0.4, 0.5) is 11.6 Å². The van der Waals surface area contributed by atoms with Crippen molar-refractivity contribution >= 4 is 17.3 Å². The second-order valence-corrected chi connectivity index (χ2v) is 5.27. The molecule has 0 aliphatic carbocycles. The van der Waals surface area contributed by atoms with Crippen LogP contribution in [0.2, 0.25) is 0 Å². The zero-order valence-corrected chi connectivity index (χ0v) is 12.9. The largest absolute Gasteiger partial charge is 0.323 e. The van der Waals surface area contributed by atoms with Gasteiger partial charge in [-0.25, -0.2) is 14.5 Å². The van der Waals surface area contributed by atoms with Crippen LogP contribution in [0, 0.1) is 18.3 Å². The molecule has 4 aromatic rings. The van der Waals surface area contributed by atoms with Crippen molar-refractivity contribution in [1.29, 1.82) is 5.26 Å². The Morgan fingerprint density at radius 2 is 2.08 bits per heavy atom. The summed E-state index contributed by atoms with van der Waals surface area (Å²) in [6.45, 7) is 1.93. The summed E-state index contributed by atoms with van der Waals surface area (Å²) in [5.41, 5.74) is 3.31.